The van der Waals surface area contributed by atoms with E-state index in [1.54, 1.807) is 6.07 Å². The van der Waals surface area contributed by atoms with Crippen molar-refractivity contribution in [3.8, 4) is 0 Å². The average molecular weight is 496 g/mol. The molecule has 188 valence electrons. The van der Waals surface area contributed by atoms with Crippen LogP contribution < -0.4 is 4.90 Å². The first-order valence-corrected chi connectivity index (χ1v) is 13.6. The molecule has 1 atom stereocenters. The van der Waals surface area contributed by atoms with E-state index in [4.69, 9.17) is 4.74 Å². The molecule has 34 heavy (non-hydrogen) atoms. The van der Waals surface area contributed by atoms with Gasteiger partial charge in [0.1, 0.15) is 5.69 Å². The van der Waals surface area contributed by atoms with Crippen molar-refractivity contribution in [2.45, 2.75) is 52.0 Å². The molecular formula is C23H33N3O7S. The minimum absolute atomic E-state index is 0.00261. The Morgan fingerprint density at radius 2 is 1.94 bits per heavy atom. The monoisotopic (exact) mass is 495 g/mol. The van der Waals surface area contributed by atoms with Gasteiger partial charge >= 0.3 is 5.97 Å². The molecule has 2 aliphatic heterocycles. The van der Waals surface area contributed by atoms with Gasteiger partial charge in [-0.15, -0.1) is 0 Å². The van der Waals surface area contributed by atoms with E-state index in [2.05, 4.69) is 6.92 Å². The van der Waals surface area contributed by atoms with E-state index in [1.165, 1.54) is 17.0 Å². The molecule has 2 heterocycles. The molecule has 0 aliphatic carbocycles. The van der Waals surface area contributed by atoms with Crippen LogP contribution in [0.15, 0.2) is 18.2 Å². The van der Waals surface area contributed by atoms with E-state index in [-0.39, 0.29) is 22.8 Å². The van der Waals surface area contributed by atoms with Gasteiger partial charge < -0.3 is 14.5 Å². The Labute approximate surface area is 200 Å². The Morgan fingerprint density at radius 3 is 2.53 bits per heavy atom. The number of piperidine rings is 1. The van der Waals surface area contributed by atoms with Gasteiger partial charge in [-0.25, -0.2) is 13.2 Å². The van der Waals surface area contributed by atoms with Gasteiger partial charge in [0.05, 0.1) is 22.0 Å². The first-order chi connectivity index (χ1) is 16.1. The molecule has 10 nitrogen and oxygen atoms in total. The molecule has 2 fully saturated rings. The second-order valence-corrected chi connectivity index (χ2v) is 11.4. The molecule has 1 unspecified atom stereocenters. The zero-order valence-electron chi connectivity index (χ0n) is 19.8. The predicted molar refractivity (Wildman–Crippen MR) is 128 cm³/mol. The maximum absolute atomic E-state index is 12.8. The quantitative estimate of drug-likeness (QED) is 0.291. The van der Waals surface area contributed by atoms with Crippen molar-refractivity contribution in [2.75, 3.05) is 42.6 Å². The third kappa shape index (κ3) is 6.46. The van der Waals surface area contributed by atoms with Crippen LogP contribution in [-0.4, -0.2) is 73.9 Å². The highest BCUT2D eigenvalue weighted by atomic mass is 32.2. The number of carbonyl (C=O) groups is 2. The summed E-state index contributed by atoms with van der Waals surface area (Å²) in [5, 5.41) is 11.7. The van der Waals surface area contributed by atoms with E-state index in [0.717, 1.165) is 19.3 Å². The summed E-state index contributed by atoms with van der Waals surface area (Å²) in [5.41, 5.74) is 0.297. The predicted octanol–water partition coefficient (Wildman–Crippen LogP) is 2.80. The lowest BCUT2D eigenvalue weighted by Gasteiger charge is -2.31. The molecule has 2 saturated heterocycles. The topological polar surface area (TPSA) is 127 Å². The second kappa shape index (κ2) is 11.2. The number of amides is 1. The van der Waals surface area contributed by atoms with Crippen molar-refractivity contribution < 1.29 is 27.7 Å². The fourth-order valence-corrected chi connectivity index (χ4v) is 6.20. The fourth-order valence-electron chi connectivity index (χ4n) is 4.47. The van der Waals surface area contributed by atoms with Crippen molar-refractivity contribution in [1.29, 1.82) is 0 Å². The van der Waals surface area contributed by atoms with Crippen molar-refractivity contribution >= 4 is 33.1 Å². The summed E-state index contributed by atoms with van der Waals surface area (Å²) in [6.45, 7) is 5.40. The Bertz CT molecular complexity index is 1020. The number of esters is 1. The largest absolute Gasteiger partial charge is 0.452 e. The van der Waals surface area contributed by atoms with E-state index in [9.17, 15) is 28.1 Å². The molecule has 2 aliphatic rings. The number of hydrogen-bond acceptors (Lipinski definition) is 8. The number of carbonyl (C=O) groups excluding carboxylic acids is 2. The summed E-state index contributed by atoms with van der Waals surface area (Å²) in [7, 11) is -3.17. The van der Waals surface area contributed by atoms with E-state index in [1.807, 2.05) is 11.8 Å². The molecule has 1 amide bonds. The molecule has 0 saturated carbocycles. The lowest BCUT2D eigenvalue weighted by molar-refractivity contribution is -0.384. The van der Waals surface area contributed by atoms with Gasteiger partial charge in [-0.3, -0.25) is 14.9 Å². The first-order valence-electron chi connectivity index (χ1n) is 11.8. The molecule has 3 rings (SSSR count). The van der Waals surface area contributed by atoms with E-state index in [0.29, 0.717) is 44.1 Å². The minimum Gasteiger partial charge on any atom is -0.452 e. The molecule has 0 spiro atoms. The summed E-state index contributed by atoms with van der Waals surface area (Å²) in [6.07, 6.45) is 3.79. The van der Waals surface area contributed by atoms with E-state index >= 15 is 0 Å². The molecule has 0 aromatic heterocycles. The molecule has 0 N–H and O–H groups in total. The van der Waals surface area contributed by atoms with Crippen molar-refractivity contribution in [3.05, 3.63) is 33.9 Å². The fraction of sp³-hybridized carbons (Fsp3) is 0.652. The van der Waals surface area contributed by atoms with Gasteiger partial charge in [0, 0.05) is 31.7 Å². The van der Waals surface area contributed by atoms with Crippen LogP contribution in [0.25, 0.3) is 0 Å². The van der Waals surface area contributed by atoms with Crippen LogP contribution >= 0.6 is 0 Å². The Balaban J connectivity index is 1.67. The minimum atomic E-state index is -3.17. The van der Waals surface area contributed by atoms with Crippen LogP contribution in [0.2, 0.25) is 0 Å². The second-order valence-electron chi connectivity index (χ2n) is 9.20. The van der Waals surface area contributed by atoms with Crippen molar-refractivity contribution in [3.63, 3.8) is 0 Å². The SMILES string of the molecule is CCCCN(C(=O)COC(=O)c1ccc(N2CCC(C)CC2)c([N+](=O)[O-])c1)C1CCS(=O)(=O)C1. The van der Waals surface area contributed by atoms with E-state index < -0.39 is 39.3 Å². The van der Waals surface area contributed by atoms with Crippen molar-refractivity contribution in [1.82, 2.24) is 4.90 Å². The molecule has 1 aromatic carbocycles. The molecule has 11 heteroatoms. The smallest absolute Gasteiger partial charge is 0.338 e. The number of benzene rings is 1. The molecular weight excluding hydrogens is 462 g/mol. The average Bonchev–Trinajstić information content (AvgIpc) is 3.17. The summed E-state index contributed by atoms with van der Waals surface area (Å²) >= 11 is 0. The van der Waals surface area contributed by atoms with Gasteiger partial charge in [0.15, 0.2) is 16.4 Å². The van der Waals surface area contributed by atoms with Crippen LogP contribution in [0.4, 0.5) is 11.4 Å². The Morgan fingerprint density at radius 1 is 1.24 bits per heavy atom. The first kappa shape index (κ1) is 25.9. The summed E-state index contributed by atoms with van der Waals surface area (Å²) < 4.78 is 28.9. The highest BCUT2D eigenvalue weighted by molar-refractivity contribution is 7.91. The Kier molecular flexibility index (Phi) is 8.51. The number of sulfone groups is 1. The van der Waals surface area contributed by atoms with Gasteiger partial charge in [0.25, 0.3) is 11.6 Å². The third-order valence-electron chi connectivity index (χ3n) is 6.58. The Hall–Kier alpha value is -2.69. The summed E-state index contributed by atoms with van der Waals surface area (Å²) in [5.74, 6) is -0.760. The maximum atomic E-state index is 12.8. The maximum Gasteiger partial charge on any atom is 0.338 e. The molecule has 0 radical (unpaired) electrons. The highest BCUT2D eigenvalue weighted by Gasteiger charge is 2.34. The summed E-state index contributed by atoms with van der Waals surface area (Å²) in [4.78, 5) is 40.0. The lowest BCUT2D eigenvalue weighted by atomic mass is 9.98. The number of nitro groups is 1. The summed E-state index contributed by atoms with van der Waals surface area (Å²) in [6, 6.07) is 3.81. The third-order valence-corrected chi connectivity index (χ3v) is 8.33. The van der Waals surface area contributed by atoms with Crippen LogP contribution in [-0.2, 0) is 19.4 Å². The zero-order chi connectivity index (χ0) is 24.9. The van der Waals surface area contributed by atoms with Crippen LogP contribution in [0.3, 0.4) is 0 Å². The van der Waals surface area contributed by atoms with Crippen LogP contribution in [0.1, 0.15) is 56.3 Å². The number of anilines is 1. The number of hydrogen-bond donors (Lipinski definition) is 0. The van der Waals surface area contributed by atoms with Crippen molar-refractivity contribution in [2.24, 2.45) is 5.92 Å². The van der Waals surface area contributed by atoms with Gasteiger partial charge in [0.2, 0.25) is 0 Å². The molecule has 1 aromatic rings. The van der Waals surface area contributed by atoms with Crippen LogP contribution in [0, 0.1) is 16.0 Å². The molecule has 0 bridgehead atoms. The standard InChI is InChI=1S/C23H33N3O7S/c1-3-4-10-25(19-9-13-34(31,32)16-19)22(27)15-33-23(28)18-5-6-20(21(14-18)26(29)30)24-11-7-17(2)8-12-24/h5-6,14,17,19H,3-4,7-13,15-16H2,1-2H3. The number of nitrogens with zero attached hydrogens (tertiary/aromatic N) is 3. The number of unbranched alkanes of at least 4 members (excludes halogenated alkanes) is 1. The normalized spacial score (nSPS) is 20.2. The van der Waals surface area contributed by atoms with Crippen LogP contribution in [0.5, 0.6) is 0 Å². The highest BCUT2D eigenvalue weighted by Crippen LogP contribution is 2.32. The number of ether oxygens (including phenoxy) is 1. The van der Waals surface area contributed by atoms with Gasteiger partial charge in [-0.2, -0.15) is 0 Å². The number of nitro benzene ring substituents is 1. The zero-order valence-corrected chi connectivity index (χ0v) is 20.6. The van der Waals surface area contributed by atoms with Gasteiger partial charge in [-0.1, -0.05) is 20.3 Å². The lowest BCUT2D eigenvalue weighted by Crippen LogP contribution is -2.43. The number of rotatable bonds is 9. The van der Waals surface area contributed by atoms with Gasteiger partial charge in [-0.05, 0) is 43.7 Å².